The number of benzene rings is 1. The highest BCUT2D eigenvalue weighted by Crippen LogP contribution is 2.11. The van der Waals surface area contributed by atoms with Crippen LogP contribution in [-0.2, 0) is 14.3 Å². The average molecular weight is 282 g/mol. The maximum atomic E-state index is 11.4. The number of ether oxygens (including phenoxy) is 1. The molecule has 0 aliphatic rings. The molecule has 6 nitrogen and oxygen atoms in total. The zero-order valence-electron chi connectivity index (χ0n) is 10.2. The number of hydrogen-bond donors (Lipinski definition) is 1. The molecule has 19 heavy (non-hydrogen) atoms. The Labute approximate surface area is 114 Å². The molecule has 1 amide bonds. The summed E-state index contributed by atoms with van der Waals surface area (Å²) in [6.45, 7) is 0. The normalized spacial score (nSPS) is 9.74. The van der Waals surface area contributed by atoms with E-state index in [9.17, 15) is 19.5 Å². The monoisotopic (exact) mass is 282 g/mol. The summed E-state index contributed by atoms with van der Waals surface area (Å²) in [7, 11) is 1.28. The van der Waals surface area contributed by atoms with Crippen molar-refractivity contribution in [3.05, 3.63) is 29.8 Å². The third-order valence-electron chi connectivity index (χ3n) is 2.04. The molecule has 1 aromatic rings. The van der Waals surface area contributed by atoms with Gasteiger partial charge in [0, 0.05) is 11.4 Å². The lowest BCUT2D eigenvalue weighted by Gasteiger charge is -2.06. The lowest BCUT2D eigenvalue weighted by molar-refractivity contribution is -0.301. The van der Waals surface area contributed by atoms with Crippen molar-refractivity contribution < 1.29 is 24.2 Å². The van der Waals surface area contributed by atoms with Crippen LogP contribution in [0.3, 0.4) is 0 Å². The summed E-state index contributed by atoms with van der Waals surface area (Å²) >= 11 is 0.952. The molecule has 0 saturated heterocycles. The fraction of sp³-hybridized carbons (Fsp3) is 0.250. The summed E-state index contributed by atoms with van der Waals surface area (Å²) in [6.07, 6.45) is 0. The van der Waals surface area contributed by atoms with Crippen LogP contribution >= 0.6 is 11.8 Å². The number of carboxylic acid groups (broad SMARTS) is 1. The molecule has 0 unspecified atom stereocenters. The molecule has 102 valence electrons. The second kappa shape index (κ2) is 7.42. The Kier molecular flexibility index (Phi) is 5.87. The van der Waals surface area contributed by atoms with Gasteiger partial charge in [0.15, 0.2) is 0 Å². The van der Waals surface area contributed by atoms with Crippen LogP contribution in [0.25, 0.3) is 0 Å². The number of amides is 1. The zero-order valence-corrected chi connectivity index (χ0v) is 11.0. The highest BCUT2D eigenvalue weighted by atomic mass is 32.2. The number of aliphatic carboxylic acids is 1. The van der Waals surface area contributed by atoms with Crippen molar-refractivity contribution in [2.45, 2.75) is 0 Å². The summed E-state index contributed by atoms with van der Waals surface area (Å²) in [6, 6.07) is 6.17. The molecule has 0 radical (unpaired) electrons. The van der Waals surface area contributed by atoms with E-state index in [-0.39, 0.29) is 17.4 Å². The lowest BCUT2D eigenvalue weighted by atomic mass is 10.2. The van der Waals surface area contributed by atoms with Crippen molar-refractivity contribution in [3.8, 4) is 0 Å². The van der Waals surface area contributed by atoms with Crippen LogP contribution in [0.15, 0.2) is 24.3 Å². The minimum atomic E-state index is -1.21. The number of anilines is 1. The predicted octanol–water partition coefficient (Wildman–Crippen LogP) is -0.105. The average Bonchev–Trinajstić information content (AvgIpc) is 2.38. The van der Waals surface area contributed by atoms with E-state index in [2.05, 4.69) is 10.1 Å². The van der Waals surface area contributed by atoms with Gasteiger partial charge >= 0.3 is 5.97 Å². The van der Waals surface area contributed by atoms with Gasteiger partial charge in [-0.1, -0.05) is 0 Å². The smallest absolute Gasteiger partial charge is 0.337 e. The van der Waals surface area contributed by atoms with Gasteiger partial charge in [-0.2, -0.15) is 0 Å². The van der Waals surface area contributed by atoms with Crippen LogP contribution < -0.4 is 10.4 Å². The van der Waals surface area contributed by atoms with E-state index < -0.39 is 11.9 Å². The molecule has 0 atom stereocenters. The minimum Gasteiger partial charge on any atom is -0.549 e. The zero-order chi connectivity index (χ0) is 14.3. The molecule has 1 N–H and O–H groups in total. The first-order chi connectivity index (χ1) is 9.02. The van der Waals surface area contributed by atoms with E-state index >= 15 is 0 Å². The third kappa shape index (κ3) is 5.43. The predicted molar refractivity (Wildman–Crippen MR) is 68.7 cm³/mol. The number of carbonyl (C=O) groups excluding carboxylic acids is 3. The number of esters is 1. The first kappa shape index (κ1) is 15.0. The van der Waals surface area contributed by atoms with Crippen molar-refractivity contribution >= 4 is 35.3 Å². The van der Waals surface area contributed by atoms with Crippen LogP contribution in [-0.4, -0.2) is 36.5 Å². The Balaban J connectivity index is 2.46. The second-order valence-electron chi connectivity index (χ2n) is 3.48. The Morgan fingerprint density at radius 2 is 1.84 bits per heavy atom. The van der Waals surface area contributed by atoms with Gasteiger partial charge in [0.25, 0.3) is 0 Å². The molecule has 0 spiro atoms. The van der Waals surface area contributed by atoms with Crippen molar-refractivity contribution in [2.75, 3.05) is 23.9 Å². The Hall–Kier alpha value is -2.02. The largest absolute Gasteiger partial charge is 0.549 e. The molecular weight excluding hydrogens is 270 g/mol. The number of carbonyl (C=O) groups is 3. The Morgan fingerprint density at radius 3 is 2.37 bits per heavy atom. The van der Waals surface area contributed by atoms with E-state index in [0.717, 1.165) is 11.8 Å². The molecule has 0 aliphatic heterocycles. The summed E-state index contributed by atoms with van der Waals surface area (Å²) in [4.78, 5) is 32.8. The highest BCUT2D eigenvalue weighted by Gasteiger charge is 2.06. The van der Waals surface area contributed by atoms with E-state index in [1.165, 1.54) is 19.2 Å². The number of hydrogen-bond acceptors (Lipinski definition) is 6. The first-order valence-electron chi connectivity index (χ1n) is 5.28. The van der Waals surface area contributed by atoms with Crippen molar-refractivity contribution in [3.63, 3.8) is 0 Å². The first-order valence-corrected chi connectivity index (χ1v) is 6.44. The summed E-state index contributed by atoms with van der Waals surface area (Å²) in [5.41, 5.74) is 0.901. The molecule has 1 aromatic carbocycles. The number of rotatable bonds is 6. The van der Waals surface area contributed by atoms with Crippen LogP contribution in [0.5, 0.6) is 0 Å². The molecule has 0 heterocycles. The summed E-state index contributed by atoms with van der Waals surface area (Å²) < 4.78 is 4.54. The number of methoxy groups -OCH3 is 1. The summed E-state index contributed by atoms with van der Waals surface area (Å²) in [5, 5.41) is 12.7. The standard InChI is InChI=1S/C12H13NO5S/c1-18-12(17)8-2-4-9(5-3-8)13-10(14)6-19-7-11(15)16/h2-5H,6-7H2,1H3,(H,13,14)(H,15,16)/p-1. The fourth-order valence-corrected chi connectivity index (χ4v) is 1.76. The van der Waals surface area contributed by atoms with Crippen molar-refractivity contribution in [2.24, 2.45) is 0 Å². The molecule has 0 bridgehead atoms. The number of carboxylic acids is 1. The maximum Gasteiger partial charge on any atom is 0.337 e. The molecule has 0 aliphatic carbocycles. The van der Waals surface area contributed by atoms with Gasteiger partial charge in [0.1, 0.15) is 0 Å². The van der Waals surface area contributed by atoms with E-state index in [0.29, 0.717) is 11.3 Å². The van der Waals surface area contributed by atoms with E-state index in [1.54, 1.807) is 12.1 Å². The van der Waals surface area contributed by atoms with Gasteiger partial charge in [-0.15, -0.1) is 11.8 Å². The minimum absolute atomic E-state index is 0.0206. The quantitative estimate of drug-likeness (QED) is 0.732. The number of thioether (sulfide) groups is 1. The molecule has 7 heteroatoms. The van der Waals surface area contributed by atoms with Crippen LogP contribution in [0, 0.1) is 0 Å². The van der Waals surface area contributed by atoms with Gasteiger partial charge < -0.3 is 20.0 Å². The molecule has 0 aromatic heterocycles. The van der Waals surface area contributed by atoms with Gasteiger partial charge in [0.05, 0.1) is 24.4 Å². The lowest BCUT2D eigenvalue weighted by Crippen LogP contribution is -2.25. The number of nitrogens with one attached hydrogen (secondary N) is 1. The van der Waals surface area contributed by atoms with Gasteiger partial charge in [0.2, 0.25) is 5.91 Å². The SMILES string of the molecule is COC(=O)c1ccc(NC(=O)CSCC(=O)[O-])cc1. The van der Waals surface area contributed by atoms with Gasteiger partial charge in [-0.05, 0) is 24.3 Å². The molecule has 1 rings (SSSR count). The van der Waals surface area contributed by atoms with Gasteiger partial charge in [-0.3, -0.25) is 4.79 Å². The Bertz CT molecular complexity index is 472. The topological polar surface area (TPSA) is 95.5 Å². The van der Waals surface area contributed by atoms with E-state index in [1.807, 2.05) is 0 Å². The maximum absolute atomic E-state index is 11.4. The van der Waals surface area contributed by atoms with Crippen LogP contribution in [0.4, 0.5) is 5.69 Å². The fourth-order valence-electron chi connectivity index (χ4n) is 1.23. The van der Waals surface area contributed by atoms with Crippen LogP contribution in [0.2, 0.25) is 0 Å². The molecule has 0 fully saturated rings. The van der Waals surface area contributed by atoms with Crippen molar-refractivity contribution in [1.82, 2.24) is 0 Å². The van der Waals surface area contributed by atoms with E-state index in [4.69, 9.17) is 0 Å². The van der Waals surface area contributed by atoms with Crippen molar-refractivity contribution in [1.29, 1.82) is 0 Å². The second-order valence-corrected chi connectivity index (χ2v) is 4.47. The summed E-state index contributed by atoms with van der Waals surface area (Å²) in [5.74, 6) is -2.19. The highest BCUT2D eigenvalue weighted by molar-refractivity contribution is 8.00. The molecule has 0 saturated carbocycles. The molecular formula is C12H12NO5S-. The van der Waals surface area contributed by atoms with Crippen LogP contribution in [0.1, 0.15) is 10.4 Å². The third-order valence-corrected chi connectivity index (χ3v) is 2.95. The Morgan fingerprint density at radius 1 is 1.21 bits per heavy atom. The van der Waals surface area contributed by atoms with Gasteiger partial charge in [-0.25, -0.2) is 4.79 Å².